The van der Waals surface area contributed by atoms with Gasteiger partial charge in [0.05, 0.1) is 18.4 Å². The topological polar surface area (TPSA) is 71.5 Å². The molecule has 3 aromatic rings. The molecular weight excluding hydrogens is 414 g/mol. The number of anilines is 1. The van der Waals surface area contributed by atoms with Crippen LogP contribution >= 0.6 is 0 Å². The SMILES string of the molecule is COc1cccc(Cc2ccc(C3CCN(C(=O)c4cnc(N(C)C)nc4C)CC3)nc2)c1. The normalized spacial score (nSPS) is 14.2. The number of hydrogen-bond donors (Lipinski definition) is 0. The molecule has 7 heteroatoms. The van der Waals surface area contributed by atoms with E-state index >= 15 is 0 Å². The second kappa shape index (κ2) is 9.98. The third-order valence-corrected chi connectivity index (χ3v) is 6.19. The summed E-state index contributed by atoms with van der Waals surface area (Å²) in [7, 11) is 5.46. The third-order valence-electron chi connectivity index (χ3n) is 6.19. The molecule has 172 valence electrons. The van der Waals surface area contributed by atoms with Gasteiger partial charge in [-0.05, 0) is 55.5 Å². The van der Waals surface area contributed by atoms with Crippen LogP contribution in [-0.4, -0.2) is 60.1 Å². The zero-order valence-corrected chi connectivity index (χ0v) is 19.8. The molecule has 4 rings (SSSR count). The van der Waals surface area contributed by atoms with Gasteiger partial charge >= 0.3 is 0 Å². The largest absolute Gasteiger partial charge is 0.497 e. The van der Waals surface area contributed by atoms with Gasteiger partial charge in [-0.25, -0.2) is 9.97 Å². The van der Waals surface area contributed by atoms with Gasteiger partial charge in [0.15, 0.2) is 0 Å². The average Bonchev–Trinajstić information content (AvgIpc) is 2.84. The number of amides is 1. The highest BCUT2D eigenvalue weighted by Gasteiger charge is 2.26. The number of aryl methyl sites for hydroxylation is 1. The van der Waals surface area contributed by atoms with E-state index < -0.39 is 0 Å². The number of pyridine rings is 1. The highest BCUT2D eigenvalue weighted by atomic mass is 16.5. The summed E-state index contributed by atoms with van der Waals surface area (Å²) in [6.07, 6.45) is 6.26. The van der Waals surface area contributed by atoms with Gasteiger partial charge in [-0.1, -0.05) is 18.2 Å². The van der Waals surface area contributed by atoms with Crippen molar-refractivity contribution in [2.45, 2.75) is 32.1 Å². The summed E-state index contributed by atoms with van der Waals surface area (Å²) in [4.78, 5) is 30.3. The molecule has 0 aliphatic carbocycles. The van der Waals surface area contributed by atoms with Gasteiger partial charge in [-0.15, -0.1) is 0 Å². The molecule has 1 saturated heterocycles. The van der Waals surface area contributed by atoms with Crippen molar-refractivity contribution < 1.29 is 9.53 Å². The number of aromatic nitrogens is 3. The van der Waals surface area contributed by atoms with Crippen molar-refractivity contribution in [3.8, 4) is 5.75 Å². The molecule has 1 aliphatic rings. The summed E-state index contributed by atoms with van der Waals surface area (Å²) in [6, 6.07) is 12.4. The standard InChI is InChI=1S/C26H31N5O2/c1-18-23(17-28-26(29-18)30(2)3)25(32)31-12-10-21(11-13-31)24-9-8-20(16-27-24)14-19-6-5-7-22(15-19)33-4/h5-9,15-17,21H,10-14H2,1-4H3. The van der Waals surface area contributed by atoms with Crippen LogP contribution in [-0.2, 0) is 6.42 Å². The molecule has 1 aliphatic heterocycles. The molecule has 0 radical (unpaired) electrons. The van der Waals surface area contributed by atoms with Crippen LogP contribution in [0.25, 0.3) is 0 Å². The first-order chi connectivity index (χ1) is 15.9. The summed E-state index contributed by atoms with van der Waals surface area (Å²) in [5.41, 5.74) is 4.78. The lowest BCUT2D eigenvalue weighted by molar-refractivity contribution is 0.0710. The van der Waals surface area contributed by atoms with Crippen molar-refractivity contribution in [1.29, 1.82) is 0 Å². The Hall–Kier alpha value is -3.48. The van der Waals surface area contributed by atoms with Crippen molar-refractivity contribution >= 4 is 11.9 Å². The smallest absolute Gasteiger partial charge is 0.257 e. The average molecular weight is 446 g/mol. The Morgan fingerprint density at radius 3 is 2.52 bits per heavy atom. The van der Waals surface area contributed by atoms with Gasteiger partial charge in [0.1, 0.15) is 5.75 Å². The van der Waals surface area contributed by atoms with Crippen LogP contribution < -0.4 is 9.64 Å². The maximum absolute atomic E-state index is 13.0. The predicted octanol–water partition coefficient (Wildman–Crippen LogP) is 3.87. The number of benzene rings is 1. The summed E-state index contributed by atoms with van der Waals surface area (Å²) in [5.74, 6) is 1.86. The molecule has 0 atom stereocenters. The van der Waals surface area contributed by atoms with Gasteiger partial charge in [0, 0.05) is 51.2 Å². The predicted molar refractivity (Wildman–Crippen MR) is 129 cm³/mol. The number of carbonyl (C=O) groups excluding carboxylic acids is 1. The number of carbonyl (C=O) groups is 1. The Morgan fingerprint density at radius 1 is 1.09 bits per heavy atom. The molecule has 33 heavy (non-hydrogen) atoms. The molecule has 7 nitrogen and oxygen atoms in total. The summed E-state index contributed by atoms with van der Waals surface area (Å²) < 4.78 is 5.31. The molecule has 3 heterocycles. The molecule has 0 bridgehead atoms. The van der Waals surface area contributed by atoms with Gasteiger partial charge in [-0.2, -0.15) is 0 Å². The summed E-state index contributed by atoms with van der Waals surface area (Å²) in [6.45, 7) is 3.29. The van der Waals surface area contributed by atoms with E-state index in [1.165, 1.54) is 11.1 Å². The fourth-order valence-electron chi connectivity index (χ4n) is 4.23. The molecule has 0 unspecified atom stereocenters. The Labute approximate surface area is 195 Å². The van der Waals surface area contributed by atoms with Gasteiger partial charge < -0.3 is 14.5 Å². The first-order valence-electron chi connectivity index (χ1n) is 11.3. The zero-order valence-electron chi connectivity index (χ0n) is 19.8. The van der Waals surface area contributed by atoms with Crippen molar-refractivity contribution in [3.63, 3.8) is 0 Å². The van der Waals surface area contributed by atoms with E-state index in [2.05, 4.69) is 34.2 Å². The fraction of sp³-hybridized carbons (Fsp3) is 0.385. The lowest BCUT2D eigenvalue weighted by Gasteiger charge is -2.32. The van der Waals surface area contributed by atoms with Gasteiger partial charge in [-0.3, -0.25) is 9.78 Å². The van der Waals surface area contributed by atoms with E-state index in [1.54, 1.807) is 13.3 Å². The van der Waals surface area contributed by atoms with Crippen LogP contribution in [0.2, 0.25) is 0 Å². The molecule has 0 saturated carbocycles. The minimum Gasteiger partial charge on any atom is -0.497 e. The van der Waals surface area contributed by atoms with Crippen molar-refractivity contribution in [3.05, 3.63) is 76.9 Å². The maximum Gasteiger partial charge on any atom is 0.257 e. The second-order valence-corrected chi connectivity index (χ2v) is 8.75. The number of nitrogens with zero attached hydrogens (tertiary/aromatic N) is 5. The van der Waals surface area contributed by atoms with Crippen LogP contribution in [0.5, 0.6) is 5.75 Å². The maximum atomic E-state index is 13.0. The van der Waals surface area contributed by atoms with E-state index in [4.69, 9.17) is 9.72 Å². The Kier molecular flexibility index (Phi) is 6.87. The minimum absolute atomic E-state index is 0.0119. The van der Waals surface area contributed by atoms with Gasteiger partial charge in [0.2, 0.25) is 5.95 Å². The number of rotatable bonds is 6. The van der Waals surface area contributed by atoms with Crippen molar-refractivity contribution in [2.75, 3.05) is 39.2 Å². The molecule has 1 fully saturated rings. The van der Waals surface area contributed by atoms with Crippen LogP contribution in [0.4, 0.5) is 5.95 Å². The first-order valence-corrected chi connectivity index (χ1v) is 11.3. The fourth-order valence-corrected chi connectivity index (χ4v) is 4.23. The van der Waals surface area contributed by atoms with E-state index in [0.717, 1.165) is 30.7 Å². The third kappa shape index (κ3) is 5.30. The molecule has 2 aromatic heterocycles. The first kappa shape index (κ1) is 22.7. The van der Waals surface area contributed by atoms with E-state index in [1.807, 2.05) is 49.1 Å². The quantitative estimate of drug-likeness (QED) is 0.574. The Morgan fingerprint density at radius 2 is 1.88 bits per heavy atom. The second-order valence-electron chi connectivity index (χ2n) is 8.75. The minimum atomic E-state index is 0.0119. The van der Waals surface area contributed by atoms with Crippen LogP contribution in [0, 0.1) is 6.92 Å². The number of piperidine rings is 1. The van der Waals surface area contributed by atoms with Crippen LogP contribution in [0.1, 0.15) is 51.6 Å². The lowest BCUT2D eigenvalue weighted by Crippen LogP contribution is -2.38. The monoisotopic (exact) mass is 445 g/mol. The molecule has 0 spiro atoms. The van der Waals surface area contributed by atoms with E-state index in [9.17, 15) is 4.79 Å². The van der Waals surface area contributed by atoms with Crippen molar-refractivity contribution in [2.24, 2.45) is 0 Å². The van der Waals surface area contributed by atoms with Crippen LogP contribution in [0.3, 0.4) is 0 Å². The highest BCUT2D eigenvalue weighted by Crippen LogP contribution is 2.28. The van der Waals surface area contributed by atoms with Crippen LogP contribution in [0.15, 0.2) is 48.8 Å². The zero-order chi connectivity index (χ0) is 23.4. The number of ether oxygens (including phenoxy) is 1. The summed E-state index contributed by atoms with van der Waals surface area (Å²) in [5, 5.41) is 0. The van der Waals surface area contributed by atoms with E-state index in [0.29, 0.717) is 36.2 Å². The van der Waals surface area contributed by atoms with E-state index in [-0.39, 0.29) is 5.91 Å². The molecular formula is C26H31N5O2. The Bertz CT molecular complexity index is 1110. The Balaban J connectivity index is 1.35. The van der Waals surface area contributed by atoms with Gasteiger partial charge in [0.25, 0.3) is 5.91 Å². The molecule has 1 aromatic carbocycles. The number of hydrogen-bond acceptors (Lipinski definition) is 6. The lowest BCUT2D eigenvalue weighted by atomic mass is 9.92. The summed E-state index contributed by atoms with van der Waals surface area (Å²) >= 11 is 0. The molecule has 1 amide bonds. The number of methoxy groups -OCH3 is 1. The highest BCUT2D eigenvalue weighted by molar-refractivity contribution is 5.95. The number of likely N-dealkylation sites (tertiary alicyclic amines) is 1. The van der Waals surface area contributed by atoms with Crippen molar-refractivity contribution in [1.82, 2.24) is 19.9 Å². The molecule has 0 N–H and O–H groups in total.